The van der Waals surface area contributed by atoms with E-state index in [2.05, 4.69) is 15.6 Å². The van der Waals surface area contributed by atoms with Crippen molar-refractivity contribution in [3.05, 3.63) is 83.0 Å². The average Bonchev–Trinajstić information content (AvgIpc) is 2.68. The number of carbonyl (C=O) groups is 1. The lowest BCUT2D eigenvalue weighted by Gasteiger charge is -2.13. The van der Waals surface area contributed by atoms with Crippen molar-refractivity contribution in [1.29, 1.82) is 0 Å². The van der Waals surface area contributed by atoms with E-state index in [1.165, 1.54) is 0 Å². The molecule has 2 aromatic carbocycles. The zero-order chi connectivity index (χ0) is 19.2. The number of hydrogen-bond acceptors (Lipinski definition) is 4. The van der Waals surface area contributed by atoms with E-state index in [4.69, 9.17) is 11.6 Å². The molecule has 0 aliphatic carbocycles. The largest absolute Gasteiger partial charge is 0.378 e. The van der Waals surface area contributed by atoms with Crippen molar-refractivity contribution in [2.24, 2.45) is 0 Å². The van der Waals surface area contributed by atoms with Gasteiger partial charge in [0.05, 0.1) is 0 Å². The van der Waals surface area contributed by atoms with E-state index in [-0.39, 0.29) is 5.91 Å². The number of pyridine rings is 1. The molecule has 0 spiro atoms. The standard InChI is InChI=1S/C21H21ClN4O/c1-26(2)18-9-7-17(8-10-18)25-21(27)15-11-12-23-20(13-15)24-14-16-5-3-4-6-19(16)22/h3-13H,14H2,1-2H3,(H,23,24)(H,25,27). The van der Waals surface area contributed by atoms with E-state index >= 15 is 0 Å². The van der Waals surface area contributed by atoms with Gasteiger partial charge in [0.2, 0.25) is 0 Å². The summed E-state index contributed by atoms with van der Waals surface area (Å²) in [6.45, 7) is 0.531. The minimum absolute atomic E-state index is 0.184. The van der Waals surface area contributed by atoms with Crippen molar-refractivity contribution < 1.29 is 4.79 Å². The molecule has 1 heterocycles. The first-order valence-electron chi connectivity index (χ1n) is 8.55. The highest BCUT2D eigenvalue weighted by Gasteiger charge is 2.08. The number of hydrogen-bond donors (Lipinski definition) is 2. The van der Waals surface area contributed by atoms with Gasteiger partial charge in [0.15, 0.2) is 0 Å². The smallest absolute Gasteiger partial charge is 0.255 e. The Morgan fingerprint density at radius 3 is 2.52 bits per heavy atom. The predicted molar refractivity (Wildman–Crippen MR) is 112 cm³/mol. The van der Waals surface area contributed by atoms with Crippen molar-refractivity contribution >= 4 is 34.7 Å². The van der Waals surface area contributed by atoms with Gasteiger partial charge in [0, 0.05) is 48.8 Å². The molecule has 0 saturated heterocycles. The van der Waals surface area contributed by atoms with Gasteiger partial charge < -0.3 is 15.5 Å². The molecular weight excluding hydrogens is 360 g/mol. The summed E-state index contributed by atoms with van der Waals surface area (Å²) >= 11 is 6.17. The molecule has 2 N–H and O–H groups in total. The number of halogens is 1. The van der Waals surface area contributed by atoms with Gasteiger partial charge in [0.25, 0.3) is 5.91 Å². The summed E-state index contributed by atoms with van der Waals surface area (Å²) in [5.41, 5.74) is 3.32. The zero-order valence-electron chi connectivity index (χ0n) is 15.2. The first-order valence-corrected chi connectivity index (χ1v) is 8.93. The lowest BCUT2D eigenvalue weighted by atomic mass is 10.2. The molecule has 3 rings (SSSR count). The Morgan fingerprint density at radius 2 is 1.81 bits per heavy atom. The van der Waals surface area contributed by atoms with Crippen LogP contribution in [0.25, 0.3) is 0 Å². The summed E-state index contributed by atoms with van der Waals surface area (Å²) in [4.78, 5) is 18.8. The first-order chi connectivity index (χ1) is 13.0. The molecule has 27 heavy (non-hydrogen) atoms. The van der Waals surface area contributed by atoms with Crippen molar-refractivity contribution in [2.45, 2.75) is 6.54 Å². The van der Waals surface area contributed by atoms with Gasteiger partial charge in [-0.3, -0.25) is 4.79 Å². The lowest BCUT2D eigenvalue weighted by molar-refractivity contribution is 0.102. The van der Waals surface area contributed by atoms with E-state index in [0.717, 1.165) is 16.9 Å². The van der Waals surface area contributed by atoms with E-state index in [1.807, 2.05) is 67.5 Å². The monoisotopic (exact) mass is 380 g/mol. The van der Waals surface area contributed by atoms with Crippen LogP contribution < -0.4 is 15.5 Å². The SMILES string of the molecule is CN(C)c1ccc(NC(=O)c2ccnc(NCc3ccccc3Cl)c2)cc1. The molecule has 1 amide bonds. The maximum Gasteiger partial charge on any atom is 0.255 e. The Labute approximate surface area is 164 Å². The number of amides is 1. The summed E-state index contributed by atoms with van der Waals surface area (Å²) < 4.78 is 0. The summed E-state index contributed by atoms with van der Waals surface area (Å²) in [5.74, 6) is 0.432. The Bertz CT molecular complexity index is 925. The first kappa shape index (κ1) is 18.7. The second-order valence-corrected chi connectivity index (χ2v) is 6.68. The Balaban J connectivity index is 1.65. The van der Waals surface area contributed by atoms with E-state index in [0.29, 0.717) is 22.9 Å². The highest BCUT2D eigenvalue weighted by atomic mass is 35.5. The highest BCUT2D eigenvalue weighted by Crippen LogP contribution is 2.18. The van der Waals surface area contributed by atoms with Crippen LogP contribution in [0.3, 0.4) is 0 Å². The number of carbonyl (C=O) groups excluding carboxylic acids is 1. The number of aromatic nitrogens is 1. The van der Waals surface area contributed by atoms with Crippen LogP contribution in [0.2, 0.25) is 5.02 Å². The number of benzene rings is 2. The molecular formula is C21H21ClN4O. The quantitative estimate of drug-likeness (QED) is 0.652. The van der Waals surface area contributed by atoms with Gasteiger partial charge in [-0.2, -0.15) is 0 Å². The minimum atomic E-state index is -0.184. The van der Waals surface area contributed by atoms with Gasteiger partial charge in [-0.05, 0) is 48.0 Å². The third-order valence-electron chi connectivity index (χ3n) is 4.08. The summed E-state index contributed by atoms with van der Waals surface area (Å²) in [6, 6.07) is 18.7. The van der Waals surface area contributed by atoms with Crippen LogP contribution in [0.1, 0.15) is 15.9 Å². The molecule has 3 aromatic rings. The summed E-state index contributed by atoms with van der Waals surface area (Å²) in [5, 5.41) is 6.79. The van der Waals surface area contributed by atoms with Crippen LogP contribution in [0.5, 0.6) is 0 Å². The van der Waals surface area contributed by atoms with Gasteiger partial charge in [-0.1, -0.05) is 29.8 Å². The Kier molecular flexibility index (Phi) is 5.94. The van der Waals surface area contributed by atoms with Crippen LogP contribution in [-0.4, -0.2) is 25.0 Å². The van der Waals surface area contributed by atoms with E-state index in [9.17, 15) is 4.79 Å². The molecule has 0 atom stereocenters. The maximum atomic E-state index is 12.5. The second-order valence-electron chi connectivity index (χ2n) is 6.27. The van der Waals surface area contributed by atoms with Crippen molar-refractivity contribution in [3.63, 3.8) is 0 Å². The predicted octanol–water partition coefficient (Wildman–Crippen LogP) is 4.67. The Morgan fingerprint density at radius 1 is 1.07 bits per heavy atom. The molecule has 0 bridgehead atoms. The number of anilines is 3. The summed E-state index contributed by atoms with van der Waals surface area (Å²) in [7, 11) is 3.95. The second kappa shape index (κ2) is 8.56. The van der Waals surface area contributed by atoms with Crippen molar-refractivity contribution in [2.75, 3.05) is 29.6 Å². The molecule has 0 fully saturated rings. The van der Waals surface area contributed by atoms with Crippen LogP contribution >= 0.6 is 11.6 Å². The molecule has 5 nitrogen and oxygen atoms in total. The fourth-order valence-corrected chi connectivity index (χ4v) is 2.74. The molecule has 0 aliphatic heterocycles. The zero-order valence-corrected chi connectivity index (χ0v) is 16.0. The number of nitrogens with zero attached hydrogens (tertiary/aromatic N) is 2. The third kappa shape index (κ3) is 4.99. The van der Waals surface area contributed by atoms with E-state index in [1.54, 1.807) is 18.3 Å². The molecule has 138 valence electrons. The molecule has 1 aromatic heterocycles. The summed E-state index contributed by atoms with van der Waals surface area (Å²) in [6.07, 6.45) is 1.61. The van der Waals surface area contributed by atoms with E-state index < -0.39 is 0 Å². The van der Waals surface area contributed by atoms with Crippen molar-refractivity contribution in [1.82, 2.24) is 4.98 Å². The fourth-order valence-electron chi connectivity index (χ4n) is 2.54. The van der Waals surface area contributed by atoms with Crippen LogP contribution in [0.15, 0.2) is 66.9 Å². The van der Waals surface area contributed by atoms with Gasteiger partial charge in [0.1, 0.15) is 5.82 Å². The fraction of sp³-hybridized carbons (Fsp3) is 0.143. The van der Waals surface area contributed by atoms with Gasteiger partial charge in [-0.15, -0.1) is 0 Å². The average molecular weight is 381 g/mol. The molecule has 0 radical (unpaired) electrons. The minimum Gasteiger partial charge on any atom is -0.378 e. The van der Waals surface area contributed by atoms with Crippen LogP contribution in [-0.2, 0) is 6.54 Å². The molecule has 0 saturated carbocycles. The van der Waals surface area contributed by atoms with Gasteiger partial charge >= 0.3 is 0 Å². The normalized spacial score (nSPS) is 10.3. The molecule has 6 heteroatoms. The number of nitrogens with one attached hydrogen (secondary N) is 2. The highest BCUT2D eigenvalue weighted by molar-refractivity contribution is 6.31. The van der Waals surface area contributed by atoms with Crippen molar-refractivity contribution in [3.8, 4) is 0 Å². The Hall–Kier alpha value is -3.05. The number of rotatable bonds is 6. The van der Waals surface area contributed by atoms with Crippen LogP contribution in [0, 0.1) is 0 Å². The molecule has 0 aliphatic rings. The maximum absolute atomic E-state index is 12.5. The van der Waals surface area contributed by atoms with Crippen LogP contribution in [0.4, 0.5) is 17.2 Å². The topological polar surface area (TPSA) is 57.3 Å². The van der Waals surface area contributed by atoms with Gasteiger partial charge in [-0.25, -0.2) is 4.98 Å². The molecule has 0 unspecified atom stereocenters. The third-order valence-corrected chi connectivity index (χ3v) is 4.45. The lowest BCUT2D eigenvalue weighted by Crippen LogP contribution is -2.13.